The van der Waals surface area contributed by atoms with Crippen molar-refractivity contribution in [1.29, 1.82) is 0 Å². The summed E-state index contributed by atoms with van der Waals surface area (Å²) in [6.45, 7) is 2.00. The van der Waals surface area contributed by atoms with Crippen molar-refractivity contribution < 1.29 is 17.9 Å². The van der Waals surface area contributed by atoms with Crippen molar-refractivity contribution in [2.24, 2.45) is 0 Å². The molecule has 2 N–H and O–H groups in total. The standard InChI is InChI=1S/C23H22N2O4S2/c1-15-7-9-16(10-8-15)21-11-12-22(30-21)31(27,28)25-20(23(26)29-2)13-17-14-24-19-6-4-3-5-18(17)19/h3-12,14,20,24-25H,13H2,1-2H3/t20-/m1/s1. The number of aromatic amines is 1. The summed E-state index contributed by atoms with van der Waals surface area (Å²) in [5.41, 5.74) is 3.83. The van der Waals surface area contributed by atoms with Gasteiger partial charge in [0.1, 0.15) is 10.3 Å². The van der Waals surface area contributed by atoms with Gasteiger partial charge < -0.3 is 9.72 Å². The molecular formula is C23H22N2O4S2. The molecule has 6 nitrogen and oxygen atoms in total. The summed E-state index contributed by atoms with van der Waals surface area (Å²) in [4.78, 5) is 16.4. The highest BCUT2D eigenvalue weighted by Gasteiger charge is 2.28. The van der Waals surface area contributed by atoms with Crippen LogP contribution in [-0.4, -0.2) is 32.5 Å². The van der Waals surface area contributed by atoms with Gasteiger partial charge in [0.15, 0.2) is 0 Å². The number of thiophene rings is 1. The van der Waals surface area contributed by atoms with Crippen molar-refractivity contribution in [3.05, 3.63) is 78.0 Å². The highest BCUT2D eigenvalue weighted by Crippen LogP contribution is 2.31. The van der Waals surface area contributed by atoms with E-state index in [1.165, 1.54) is 7.11 Å². The van der Waals surface area contributed by atoms with Crippen LogP contribution < -0.4 is 4.72 Å². The number of H-pyrrole nitrogens is 1. The maximum Gasteiger partial charge on any atom is 0.324 e. The second kappa shape index (κ2) is 8.66. The van der Waals surface area contributed by atoms with E-state index >= 15 is 0 Å². The third-order valence-electron chi connectivity index (χ3n) is 5.06. The SMILES string of the molecule is COC(=O)[C@@H](Cc1c[nH]c2ccccc12)NS(=O)(=O)c1ccc(-c2ccc(C)cc2)s1. The molecule has 31 heavy (non-hydrogen) atoms. The first kappa shape index (κ1) is 21.3. The van der Waals surface area contributed by atoms with Crippen LogP contribution in [0.4, 0.5) is 0 Å². The molecule has 2 heterocycles. The number of carbonyl (C=O) groups excluding carboxylic acids is 1. The Hall–Kier alpha value is -2.94. The summed E-state index contributed by atoms with van der Waals surface area (Å²) >= 11 is 1.16. The number of rotatable bonds is 7. The number of fused-ring (bicyclic) bond motifs is 1. The fraction of sp³-hybridized carbons (Fsp3) is 0.174. The average molecular weight is 455 g/mol. The first-order valence-electron chi connectivity index (χ1n) is 9.69. The number of hydrogen-bond donors (Lipinski definition) is 2. The molecule has 0 aliphatic carbocycles. The molecular weight excluding hydrogens is 432 g/mol. The smallest absolute Gasteiger partial charge is 0.324 e. The summed E-state index contributed by atoms with van der Waals surface area (Å²) < 4.78 is 33.6. The highest BCUT2D eigenvalue weighted by atomic mass is 32.2. The molecule has 0 saturated carbocycles. The Morgan fingerprint density at radius 2 is 1.84 bits per heavy atom. The van der Waals surface area contributed by atoms with Crippen molar-refractivity contribution >= 4 is 38.2 Å². The molecule has 4 rings (SSSR count). The van der Waals surface area contributed by atoms with Crippen molar-refractivity contribution in [2.75, 3.05) is 7.11 Å². The van der Waals surface area contributed by atoms with E-state index < -0.39 is 22.0 Å². The largest absolute Gasteiger partial charge is 0.468 e. The van der Waals surface area contributed by atoms with E-state index in [4.69, 9.17) is 4.74 Å². The van der Waals surface area contributed by atoms with Crippen LogP contribution in [0.2, 0.25) is 0 Å². The number of ether oxygens (including phenoxy) is 1. The third-order valence-corrected chi connectivity index (χ3v) is 8.16. The Labute approximate surface area is 184 Å². The fourth-order valence-corrected chi connectivity index (χ4v) is 5.93. The van der Waals surface area contributed by atoms with Crippen LogP contribution >= 0.6 is 11.3 Å². The summed E-state index contributed by atoms with van der Waals surface area (Å²) in [7, 11) is -2.66. The van der Waals surface area contributed by atoms with Gasteiger partial charge in [-0.1, -0.05) is 48.0 Å². The van der Waals surface area contributed by atoms with E-state index in [-0.39, 0.29) is 10.6 Å². The molecule has 0 aliphatic rings. The Kier molecular flexibility index (Phi) is 5.95. The van der Waals surface area contributed by atoms with Gasteiger partial charge in [-0.15, -0.1) is 11.3 Å². The lowest BCUT2D eigenvalue weighted by molar-refractivity contribution is -0.142. The van der Waals surface area contributed by atoms with E-state index in [1.54, 1.807) is 18.3 Å². The van der Waals surface area contributed by atoms with Crippen LogP contribution in [-0.2, 0) is 26.0 Å². The van der Waals surface area contributed by atoms with E-state index in [0.29, 0.717) is 0 Å². The number of esters is 1. The number of methoxy groups -OCH3 is 1. The lowest BCUT2D eigenvalue weighted by Crippen LogP contribution is -2.42. The number of hydrogen-bond acceptors (Lipinski definition) is 5. The number of carbonyl (C=O) groups is 1. The van der Waals surface area contributed by atoms with Crippen LogP contribution in [0, 0.1) is 6.92 Å². The van der Waals surface area contributed by atoms with E-state index in [2.05, 4.69) is 9.71 Å². The van der Waals surface area contributed by atoms with Gasteiger partial charge in [0, 0.05) is 28.4 Å². The lowest BCUT2D eigenvalue weighted by atomic mass is 10.1. The van der Waals surface area contributed by atoms with Gasteiger partial charge >= 0.3 is 5.97 Å². The van der Waals surface area contributed by atoms with Gasteiger partial charge in [0.2, 0.25) is 0 Å². The normalized spacial score (nSPS) is 12.7. The van der Waals surface area contributed by atoms with Gasteiger partial charge in [0.05, 0.1) is 7.11 Å². The first-order valence-corrected chi connectivity index (χ1v) is 12.0. The molecule has 0 fully saturated rings. The van der Waals surface area contributed by atoms with Crippen LogP contribution in [0.5, 0.6) is 0 Å². The molecule has 160 valence electrons. The Morgan fingerprint density at radius 3 is 2.58 bits per heavy atom. The highest BCUT2D eigenvalue weighted by molar-refractivity contribution is 7.91. The fourth-order valence-electron chi connectivity index (χ4n) is 3.42. The van der Waals surface area contributed by atoms with Crippen LogP contribution in [0.1, 0.15) is 11.1 Å². The molecule has 2 aromatic heterocycles. The minimum absolute atomic E-state index is 0.149. The summed E-state index contributed by atoms with van der Waals surface area (Å²) in [5, 5.41) is 0.938. The second-order valence-corrected chi connectivity index (χ2v) is 10.3. The molecule has 2 aromatic carbocycles. The zero-order chi connectivity index (χ0) is 22.0. The molecule has 8 heteroatoms. The predicted molar refractivity (Wildman–Crippen MR) is 123 cm³/mol. The van der Waals surface area contributed by atoms with Gasteiger partial charge in [-0.05, 0) is 36.2 Å². The maximum absolute atomic E-state index is 13.0. The molecule has 0 radical (unpaired) electrons. The van der Waals surface area contributed by atoms with Crippen molar-refractivity contribution in [2.45, 2.75) is 23.6 Å². The minimum Gasteiger partial charge on any atom is -0.468 e. The zero-order valence-corrected chi connectivity index (χ0v) is 18.7. The van der Waals surface area contributed by atoms with E-state index in [0.717, 1.165) is 43.8 Å². The van der Waals surface area contributed by atoms with E-state index in [1.807, 2.05) is 55.5 Å². The Bertz CT molecular complexity index is 1320. The first-order chi connectivity index (χ1) is 14.9. The third kappa shape index (κ3) is 4.56. The average Bonchev–Trinajstić information content (AvgIpc) is 3.42. The van der Waals surface area contributed by atoms with Gasteiger partial charge in [0.25, 0.3) is 10.0 Å². The minimum atomic E-state index is -3.91. The van der Waals surface area contributed by atoms with Crippen molar-refractivity contribution in [3.63, 3.8) is 0 Å². The number of aromatic nitrogens is 1. The molecule has 0 spiro atoms. The molecule has 0 bridgehead atoms. The number of benzene rings is 2. The van der Waals surface area contributed by atoms with Crippen molar-refractivity contribution in [1.82, 2.24) is 9.71 Å². The van der Waals surface area contributed by atoms with Crippen LogP contribution in [0.15, 0.2) is 71.1 Å². The number of para-hydroxylation sites is 1. The molecule has 0 unspecified atom stereocenters. The number of sulfonamides is 1. The maximum atomic E-state index is 13.0. The van der Waals surface area contributed by atoms with Gasteiger partial charge in [-0.2, -0.15) is 4.72 Å². The lowest BCUT2D eigenvalue weighted by Gasteiger charge is -2.16. The Morgan fingerprint density at radius 1 is 1.10 bits per heavy atom. The Balaban J connectivity index is 1.59. The van der Waals surface area contributed by atoms with Gasteiger partial charge in [-0.25, -0.2) is 8.42 Å². The molecule has 0 saturated heterocycles. The molecule has 0 aliphatic heterocycles. The molecule has 1 atom stereocenters. The summed E-state index contributed by atoms with van der Waals surface area (Å²) in [5.74, 6) is -0.635. The predicted octanol–water partition coefficient (Wildman–Crippen LogP) is 4.27. The van der Waals surface area contributed by atoms with Crippen LogP contribution in [0.25, 0.3) is 21.3 Å². The number of nitrogens with one attached hydrogen (secondary N) is 2. The quantitative estimate of drug-likeness (QED) is 0.408. The molecule has 4 aromatic rings. The van der Waals surface area contributed by atoms with Gasteiger partial charge in [-0.3, -0.25) is 4.79 Å². The number of aryl methyl sites for hydroxylation is 1. The topological polar surface area (TPSA) is 88.3 Å². The van der Waals surface area contributed by atoms with E-state index in [9.17, 15) is 13.2 Å². The van der Waals surface area contributed by atoms with Crippen molar-refractivity contribution in [3.8, 4) is 10.4 Å². The monoisotopic (exact) mass is 454 g/mol. The summed E-state index contributed by atoms with van der Waals surface area (Å²) in [6, 6.07) is 17.8. The molecule has 0 amide bonds. The summed E-state index contributed by atoms with van der Waals surface area (Å²) in [6.07, 6.45) is 1.96. The zero-order valence-electron chi connectivity index (χ0n) is 17.1. The second-order valence-electron chi connectivity index (χ2n) is 7.25. The van der Waals surface area contributed by atoms with Crippen LogP contribution in [0.3, 0.4) is 0 Å².